The molecule has 0 fully saturated rings. The van der Waals surface area contributed by atoms with Gasteiger partial charge in [0.2, 0.25) is 0 Å². The van der Waals surface area contributed by atoms with Crippen LogP contribution in [0.3, 0.4) is 0 Å². The first kappa shape index (κ1) is 34.2. The summed E-state index contributed by atoms with van der Waals surface area (Å²) in [5, 5.41) is 0. The Morgan fingerprint density at radius 1 is 0.457 bits per heavy atom. The third kappa shape index (κ3) is 31.2. The van der Waals surface area contributed by atoms with Gasteiger partial charge in [-0.2, -0.15) is 0 Å². The summed E-state index contributed by atoms with van der Waals surface area (Å²) in [7, 11) is 0. The monoisotopic (exact) mass is 492 g/mol. The quantitative estimate of drug-likeness (QED) is 0.0589. The van der Waals surface area contributed by atoms with Crippen LogP contribution < -0.4 is 0 Å². The molecule has 0 aliphatic rings. The average molecular weight is 493 g/mol. The van der Waals surface area contributed by atoms with Gasteiger partial charge in [-0.25, -0.2) is 0 Å². The maximum absolute atomic E-state index is 11.7. The molecule has 0 saturated carbocycles. The van der Waals surface area contributed by atoms with Crippen LogP contribution in [0.4, 0.5) is 0 Å². The first-order valence-electron chi connectivity index (χ1n) is 16.1. The number of hydrogen-bond acceptors (Lipinski definition) is 2. The number of esters is 1. The highest BCUT2D eigenvalue weighted by Crippen LogP contribution is 2.15. The lowest BCUT2D eigenvalue weighted by Gasteiger charge is -2.05. The molecule has 35 heavy (non-hydrogen) atoms. The molecule has 0 saturated heterocycles. The number of hydrogen-bond donors (Lipinski definition) is 0. The first-order valence-corrected chi connectivity index (χ1v) is 16.1. The number of carbonyl (C=O) groups is 1. The largest absolute Gasteiger partial charge is 0.465 e. The van der Waals surface area contributed by atoms with Gasteiger partial charge >= 0.3 is 5.97 Å². The Morgan fingerprint density at radius 3 is 1.20 bits per heavy atom. The van der Waals surface area contributed by atoms with E-state index in [1.54, 1.807) is 0 Å². The second kappa shape index (κ2) is 31.2. The van der Waals surface area contributed by atoms with Crippen LogP contribution >= 0.6 is 0 Å². The molecule has 0 unspecified atom stereocenters. The van der Waals surface area contributed by atoms with E-state index in [1.807, 2.05) is 0 Å². The molecule has 0 N–H and O–H groups in total. The zero-order chi connectivity index (χ0) is 25.5. The predicted octanol–water partition coefficient (Wildman–Crippen LogP) is 11.7. The zero-order valence-electron chi connectivity index (χ0n) is 24.3. The fourth-order valence-corrected chi connectivity index (χ4v) is 4.75. The SMILES string of the molecule is CCCC/C=C/CCOC(=O)CCCCCCCCCCCCCCCCCCCCCCCC. The Bertz CT molecular complexity index is 429. The van der Waals surface area contributed by atoms with Crippen molar-refractivity contribution in [2.24, 2.45) is 0 Å². The number of rotatable bonds is 29. The second-order valence-corrected chi connectivity index (χ2v) is 10.8. The van der Waals surface area contributed by atoms with Crippen LogP contribution in [0.15, 0.2) is 12.2 Å². The summed E-state index contributed by atoms with van der Waals surface area (Å²) in [5.41, 5.74) is 0. The van der Waals surface area contributed by atoms with E-state index < -0.39 is 0 Å². The minimum atomic E-state index is -0.0138. The number of ether oxygens (including phenoxy) is 1. The topological polar surface area (TPSA) is 26.3 Å². The number of unbranched alkanes of at least 4 members (excludes halogenated alkanes) is 23. The molecule has 0 atom stereocenters. The molecule has 2 nitrogen and oxygen atoms in total. The van der Waals surface area contributed by atoms with E-state index in [4.69, 9.17) is 4.74 Å². The zero-order valence-corrected chi connectivity index (χ0v) is 24.3. The molecular formula is C33H64O2. The Balaban J connectivity index is 3.13. The highest BCUT2D eigenvalue weighted by molar-refractivity contribution is 5.69. The molecule has 208 valence electrons. The van der Waals surface area contributed by atoms with Crippen molar-refractivity contribution < 1.29 is 9.53 Å². The summed E-state index contributed by atoms with van der Waals surface area (Å²) in [6.45, 7) is 5.04. The van der Waals surface area contributed by atoms with Gasteiger partial charge in [0.15, 0.2) is 0 Å². The fourth-order valence-electron chi connectivity index (χ4n) is 4.75. The summed E-state index contributed by atoms with van der Waals surface area (Å²) < 4.78 is 5.31. The molecule has 0 amide bonds. The normalized spacial score (nSPS) is 11.5. The van der Waals surface area contributed by atoms with Gasteiger partial charge in [0.1, 0.15) is 0 Å². The van der Waals surface area contributed by atoms with E-state index in [9.17, 15) is 4.79 Å². The third-order valence-electron chi connectivity index (χ3n) is 7.17. The summed E-state index contributed by atoms with van der Waals surface area (Å²) in [6.07, 6.45) is 40.1. The first-order chi connectivity index (χ1) is 17.3. The van der Waals surface area contributed by atoms with Crippen LogP contribution in [0, 0.1) is 0 Å². The van der Waals surface area contributed by atoms with E-state index in [-0.39, 0.29) is 5.97 Å². The maximum atomic E-state index is 11.7. The van der Waals surface area contributed by atoms with Crippen LogP contribution in [-0.4, -0.2) is 12.6 Å². The van der Waals surface area contributed by atoms with Crippen molar-refractivity contribution >= 4 is 5.97 Å². The van der Waals surface area contributed by atoms with Crippen molar-refractivity contribution in [1.29, 1.82) is 0 Å². The highest BCUT2D eigenvalue weighted by Gasteiger charge is 2.02. The van der Waals surface area contributed by atoms with Crippen LogP contribution in [-0.2, 0) is 9.53 Å². The highest BCUT2D eigenvalue weighted by atomic mass is 16.5. The average Bonchev–Trinajstić information content (AvgIpc) is 2.86. The van der Waals surface area contributed by atoms with Crippen molar-refractivity contribution in [3.05, 3.63) is 12.2 Å². The molecule has 0 aliphatic carbocycles. The van der Waals surface area contributed by atoms with Gasteiger partial charge < -0.3 is 4.74 Å². The number of carbonyl (C=O) groups excluding carboxylic acids is 1. The summed E-state index contributed by atoms with van der Waals surface area (Å²) in [6, 6.07) is 0. The lowest BCUT2D eigenvalue weighted by Crippen LogP contribution is -2.04. The number of allylic oxidation sites excluding steroid dienone is 1. The predicted molar refractivity (Wildman–Crippen MR) is 156 cm³/mol. The Morgan fingerprint density at radius 2 is 0.800 bits per heavy atom. The lowest BCUT2D eigenvalue weighted by molar-refractivity contribution is -0.143. The minimum absolute atomic E-state index is 0.0138. The second-order valence-electron chi connectivity index (χ2n) is 10.8. The molecule has 0 aliphatic heterocycles. The molecule has 0 aromatic heterocycles. The molecule has 0 aromatic carbocycles. The summed E-state index contributed by atoms with van der Waals surface area (Å²) in [5.74, 6) is -0.0138. The van der Waals surface area contributed by atoms with Crippen molar-refractivity contribution in [1.82, 2.24) is 0 Å². The lowest BCUT2D eigenvalue weighted by atomic mass is 10.0. The Labute approximate surface area is 221 Å². The van der Waals surface area contributed by atoms with Crippen molar-refractivity contribution in [2.45, 2.75) is 187 Å². The van der Waals surface area contributed by atoms with Gasteiger partial charge in [0.05, 0.1) is 6.61 Å². The van der Waals surface area contributed by atoms with Gasteiger partial charge in [0.25, 0.3) is 0 Å². The third-order valence-corrected chi connectivity index (χ3v) is 7.17. The molecular weight excluding hydrogens is 428 g/mol. The van der Waals surface area contributed by atoms with Crippen LogP contribution in [0.5, 0.6) is 0 Å². The maximum Gasteiger partial charge on any atom is 0.305 e. The van der Waals surface area contributed by atoms with Gasteiger partial charge in [0, 0.05) is 6.42 Å². The summed E-state index contributed by atoms with van der Waals surface area (Å²) >= 11 is 0. The van der Waals surface area contributed by atoms with Crippen molar-refractivity contribution in [3.63, 3.8) is 0 Å². The van der Waals surface area contributed by atoms with E-state index in [0.29, 0.717) is 13.0 Å². The van der Waals surface area contributed by atoms with E-state index in [1.165, 1.54) is 148 Å². The smallest absolute Gasteiger partial charge is 0.305 e. The molecule has 0 spiro atoms. The van der Waals surface area contributed by atoms with Crippen molar-refractivity contribution in [2.75, 3.05) is 6.61 Å². The van der Waals surface area contributed by atoms with Crippen LogP contribution in [0.2, 0.25) is 0 Å². The molecule has 2 heteroatoms. The molecule has 0 rings (SSSR count). The molecule has 0 heterocycles. The van der Waals surface area contributed by atoms with Gasteiger partial charge in [-0.05, 0) is 19.3 Å². The van der Waals surface area contributed by atoms with Crippen LogP contribution in [0.1, 0.15) is 187 Å². The van der Waals surface area contributed by atoms with Gasteiger partial charge in [-0.15, -0.1) is 0 Å². The minimum Gasteiger partial charge on any atom is -0.465 e. The molecule has 0 bridgehead atoms. The van der Waals surface area contributed by atoms with E-state index >= 15 is 0 Å². The fraction of sp³-hybridized carbons (Fsp3) is 0.909. The van der Waals surface area contributed by atoms with Gasteiger partial charge in [-0.3, -0.25) is 4.79 Å². The van der Waals surface area contributed by atoms with Gasteiger partial charge in [-0.1, -0.05) is 174 Å². The van der Waals surface area contributed by atoms with Crippen LogP contribution in [0.25, 0.3) is 0 Å². The van der Waals surface area contributed by atoms with Crippen molar-refractivity contribution in [3.8, 4) is 0 Å². The standard InChI is InChI=1S/C33H64O2/c1-3-5-7-9-11-12-13-14-15-16-17-18-19-20-21-22-23-24-25-26-27-29-31-33(34)35-32-30-28-10-8-6-4-2/h10,28H,3-9,11-27,29-32H2,1-2H3/b28-10+. The molecule has 0 aromatic rings. The Hall–Kier alpha value is -0.790. The Kier molecular flexibility index (Phi) is 30.5. The summed E-state index contributed by atoms with van der Waals surface area (Å²) in [4.78, 5) is 11.7. The molecule has 0 radical (unpaired) electrons. The van der Waals surface area contributed by atoms with E-state index in [2.05, 4.69) is 26.0 Å². The van der Waals surface area contributed by atoms with E-state index in [0.717, 1.165) is 19.3 Å².